The third kappa shape index (κ3) is 2.92. The molecule has 118 valence electrons. The predicted molar refractivity (Wildman–Crippen MR) is 79.9 cm³/mol. The fourth-order valence-electron chi connectivity index (χ4n) is 2.67. The van der Waals surface area contributed by atoms with E-state index in [-0.39, 0.29) is 17.5 Å². The first kappa shape index (κ1) is 15.2. The second-order valence-corrected chi connectivity index (χ2v) is 7.11. The van der Waals surface area contributed by atoms with Crippen LogP contribution in [0.1, 0.15) is 22.6 Å². The average Bonchev–Trinajstić information content (AvgIpc) is 2.85. The van der Waals surface area contributed by atoms with Gasteiger partial charge < -0.3 is 9.26 Å². The molecule has 1 aromatic heterocycles. The Hall–Kier alpha value is -1.70. The third-order valence-electron chi connectivity index (χ3n) is 3.78. The SMILES string of the molecule is Cc1noc(C)c1S(=O)(=O)NC[C@H]1Cc2ccccc2CO1. The molecule has 0 fully saturated rings. The molecule has 2 heterocycles. The zero-order valence-corrected chi connectivity index (χ0v) is 13.3. The molecule has 1 aliphatic rings. The van der Waals surface area contributed by atoms with Crippen molar-refractivity contribution in [3.05, 3.63) is 46.8 Å². The molecule has 0 spiro atoms. The molecule has 1 aromatic carbocycles. The highest BCUT2D eigenvalue weighted by Gasteiger charge is 2.26. The maximum absolute atomic E-state index is 12.4. The van der Waals surface area contributed by atoms with E-state index in [0.29, 0.717) is 24.5 Å². The number of aromatic nitrogens is 1. The lowest BCUT2D eigenvalue weighted by atomic mass is 9.99. The van der Waals surface area contributed by atoms with E-state index >= 15 is 0 Å². The van der Waals surface area contributed by atoms with Gasteiger partial charge in [-0.15, -0.1) is 0 Å². The second kappa shape index (κ2) is 5.83. The zero-order chi connectivity index (χ0) is 15.7. The number of hydrogen-bond acceptors (Lipinski definition) is 5. The van der Waals surface area contributed by atoms with Gasteiger partial charge >= 0.3 is 0 Å². The summed E-state index contributed by atoms with van der Waals surface area (Å²) in [4.78, 5) is 0.115. The molecule has 1 N–H and O–H groups in total. The molecule has 2 aromatic rings. The van der Waals surface area contributed by atoms with Crippen LogP contribution in [-0.4, -0.2) is 26.2 Å². The first-order valence-corrected chi connectivity index (χ1v) is 8.56. The molecule has 7 heteroatoms. The number of benzene rings is 1. The number of ether oxygens (including phenoxy) is 1. The van der Waals surface area contributed by atoms with Crippen LogP contribution in [0.15, 0.2) is 33.7 Å². The summed E-state index contributed by atoms with van der Waals surface area (Å²) in [6.45, 7) is 3.93. The van der Waals surface area contributed by atoms with Gasteiger partial charge in [0.2, 0.25) is 10.0 Å². The van der Waals surface area contributed by atoms with Crippen molar-refractivity contribution >= 4 is 10.0 Å². The van der Waals surface area contributed by atoms with Gasteiger partial charge in [-0.3, -0.25) is 0 Å². The van der Waals surface area contributed by atoms with Gasteiger partial charge in [0.1, 0.15) is 10.6 Å². The quantitative estimate of drug-likeness (QED) is 0.927. The molecule has 0 saturated heterocycles. The van der Waals surface area contributed by atoms with E-state index in [1.165, 1.54) is 5.56 Å². The lowest BCUT2D eigenvalue weighted by Gasteiger charge is -2.25. The normalized spacial score (nSPS) is 18.2. The fraction of sp³-hybridized carbons (Fsp3) is 0.400. The van der Waals surface area contributed by atoms with Crippen molar-refractivity contribution in [2.75, 3.05) is 6.54 Å². The summed E-state index contributed by atoms with van der Waals surface area (Å²) in [6.07, 6.45) is 0.519. The fourth-order valence-corrected chi connectivity index (χ4v) is 4.06. The number of fused-ring (bicyclic) bond motifs is 1. The van der Waals surface area contributed by atoms with Gasteiger partial charge in [0.25, 0.3) is 0 Å². The van der Waals surface area contributed by atoms with Crippen LogP contribution in [0, 0.1) is 13.8 Å². The Balaban J connectivity index is 1.69. The molecule has 22 heavy (non-hydrogen) atoms. The molecule has 0 saturated carbocycles. The molecule has 6 nitrogen and oxygen atoms in total. The van der Waals surface area contributed by atoms with Gasteiger partial charge in [-0.2, -0.15) is 0 Å². The number of aryl methyl sites for hydroxylation is 2. The topological polar surface area (TPSA) is 81.4 Å². The van der Waals surface area contributed by atoms with Crippen LogP contribution >= 0.6 is 0 Å². The average molecular weight is 322 g/mol. The van der Waals surface area contributed by atoms with Crippen molar-refractivity contribution in [3.63, 3.8) is 0 Å². The number of hydrogen-bond donors (Lipinski definition) is 1. The number of sulfonamides is 1. The Morgan fingerprint density at radius 1 is 1.27 bits per heavy atom. The van der Waals surface area contributed by atoms with E-state index in [4.69, 9.17) is 9.26 Å². The number of nitrogens with one attached hydrogen (secondary N) is 1. The van der Waals surface area contributed by atoms with Crippen LogP contribution in [-0.2, 0) is 27.8 Å². The summed E-state index contributed by atoms with van der Waals surface area (Å²) in [7, 11) is -3.64. The van der Waals surface area contributed by atoms with Crippen molar-refractivity contribution in [2.24, 2.45) is 0 Å². The minimum Gasteiger partial charge on any atom is -0.372 e. The lowest BCUT2D eigenvalue weighted by Crippen LogP contribution is -2.37. The van der Waals surface area contributed by atoms with Crippen LogP contribution in [0.2, 0.25) is 0 Å². The van der Waals surface area contributed by atoms with Crippen molar-refractivity contribution in [1.82, 2.24) is 9.88 Å². The molecule has 0 amide bonds. The van der Waals surface area contributed by atoms with E-state index in [1.54, 1.807) is 13.8 Å². The highest BCUT2D eigenvalue weighted by molar-refractivity contribution is 7.89. The van der Waals surface area contributed by atoms with Gasteiger partial charge in [0.15, 0.2) is 5.76 Å². The first-order valence-electron chi connectivity index (χ1n) is 7.08. The number of rotatable bonds is 4. The second-order valence-electron chi connectivity index (χ2n) is 5.41. The maximum atomic E-state index is 12.4. The molecule has 0 aliphatic carbocycles. The summed E-state index contributed by atoms with van der Waals surface area (Å²) >= 11 is 0. The zero-order valence-electron chi connectivity index (χ0n) is 12.5. The standard InChI is InChI=1S/C15H18N2O4S/c1-10-15(11(2)21-17-10)22(18,19)16-8-14-7-12-5-3-4-6-13(12)9-20-14/h3-6,14,16H,7-9H2,1-2H3/t14-/m1/s1. The van der Waals surface area contributed by atoms with Crippen LogP contribution in [0.3, 0.4) is 0 Å². The van der Waals surface area contributed by atoms with Crippen molar-refractivity contribution in [1.29, 1.82) is 0 Å². The third-order valence-corrected chi connectivity index (χ3v) is 5.45. The summed E-state index contributed by atoms with van der Waals surface area (Å²) in [5, 5.41) is 3.68. The highest BCUT2D eigenvalue weighted by atomic mass is 32.2. The highest BCUT2D eigenvalue weighted by Crippen LogP contribution is 2.21. The van der Waals surface area contributed by atoms with Gasteiger partial charge in [-0.25, -0.2) is 13.1 Å². The van der Waals surface area contributed by atoms with Crippen LogP contribution in [0.4, 0.5) is 0 Å². The van der Waals surface area contributed by atoms with Crippen LogP contribution < -0.4 is 4.72 Å². The maximum Gasteiger partial charge on any atom is 0.246 e. The van der Waals surface area contributed by atoms with Gasteiger partial charge in [0, 0.05) is 13.0 Å². The van der Waals surface area contributed by atoms with Crippen molar-refractivity contribution < 1.29 is 17.7 Å². The Kier molecular flexibility index (Phi) is 4.03. The molecular weight excluding hydrogens is 304 g/mol. The minimum absolute atomic E-state index is 0.115. The van der Waals surface area contributed by atoms with Gasteiger partial charge in [0.05, 0.1) is 12.7 Å². The van der Waals surface area contributed by atoms with Crippen molar-refractivity contribution in [3.8, 4) is 0 Å². The molecule has 0 bridgehead atoms. The monoisotopic (exact) mass is 322 g/mol. The smallest absolute Gasteiger partial charge is 0.246 e. The Morgan fingerprint density at radius 3 is 2.68 bits per heavy atom. The molecule has 1 aliphatic heterocycles. The lowest BCUT2D eigenvalue weighted by molar-refractivity contribution is 0.0322. The largest absolute Gasteiger partial charge is 0.372 e. The Morgan fingerprint density at radius 2 is 2.00 bits per heavy atom. The van der Waals surface area contributed by atoms with E-state index in [2.05, 4.69) is 9.88 Å². The summed E-state index contributed by atoms with van der Waals surface area (Å²) < 4.78 is 37.9. The molecular formula is C15H18N2O4S. The first-order chi connectivity index (χ1) is 10.5. The van der Waals surface area contributed by atoms with E-state index in [9.17, 15) is 8.42 Å². The summed E-state index contributed by atoms with van der Waals surface area (Å²) in [5.41, 5.74) is 2.72. The van der Waals surface area contributed by atoms with E-state index in [1.807, 2.05) is 24.3 Å². The minimum atomic E-state index is -3.64. The van der Waals surface area contributed by atoms with Crippen LogP contribution in [0.25, 0.3) is 0 Å². The molecule has 0 radical (unpaired) electrons. The summed E-state index contributed by atoms with van der Waals surface area (Å²) in [6, 6.07) is 8.03. The van der Waals surface area contributed by atoms with Crippen molar-refractivity contribution in [2.45, 2.75) is 37.9 Å². The predicted octanol–water partition coefficient (Wildman–Crippen LogP) is 1.71. The Bertz CT molecular complexity index is 763. The molecule has 1 atom stereocenters. The Labute approximate surface area is 129 Å². The molecule has 0 unspecified atom stereocenters. The number of nitrogens with zero attached hydrogens (tertiary/aromatic N) is 1. The van der Waals surface area contributed by atoms with E-state index in [0.717, 1.165) is 5.56 Å². The van der Waals surface area contributed by atoms with E-state index < -0.39 is 10.0 Å². The van der Waals surface area contributed by atoms with Gasteiger partial charge in [-0.05, 0) is 25.0 Å². The van der Waals surface area contributed by atoms with Gasteiger partial charge in [-0.1, -0.05) is 29.4 Å². The summed E-state index contributed by atoms with van der Waals surface area (Å²) in [5.74, 6) is 0.292. The molecule has 3 rings (SSSR count). The van der Waals surface area contributed by atoms with Crippen LogP contribution in [0.5, 0.6) is 0 Å².